The van der Waals surface area contributed by atoms with Gasteiger partial charge in [-0.15, -0.1) is 11.8 Å². The Labute approximate surface area is 184 Å². The van der Waals surface area contributed by atoms with E-state index < -0.39 is 0 Å². The first-order valence-corrected chi connectivity index (χ1v) is 12.0. The lowest BCUT2D eigenvalue weighted by molar-refractivity contribution is 0.0952. The Kier molecular flexibility index (Phi) is 8.90. The Bertz CT molecular complexity index is 797. The maximum atomic E-state index is 12.2. The molecule has 162 valence electrons. The van der Waals surface area contributed by atoms with Crippen molar-refractivity contribution in [2.75, 3.05) is 57.5 Å². The molecular formula is C24H33N3O2S. The van der Waals surface area contributed by atoms with E-state index >= 15 is 0 Å². The van der Waals surface area contributed by atoms with Gasteiger partial charge in [0.25, 0.3) is 5.91 Å². The molecule has 6 heteroatoms. The molecule has 1 aliphatic rings. The van der Waals surface area contributed by atoms with E-state index in [4.69, 9.17) is 4.74 Å². The van der Waals surface area contributed by atoms with Gasteiger partial charge in [-0.2, -0.15) is 0 Å². The highest BCUT2D eigenvalue weighted by Crippen LogP contribution is 2.28. The van der Waals surface area contributed by atoms with Crippen LogP contribution >= 0.6 is 11.8 Å². The maximum absolute atomic E-state index is 12.2. The number of unbranched alkanes of at least 4 members (excludes halogenated alkanes) is 1. The van der Waals surface area contributed by atoms with Crippen LogP contribution in [0.1, 0.15) is 29.6 Å². The molecule has 0 aromatic heterocycles. The average molecular weight is 428 g/mol. The number of nitrogens with zero attached hydrogens (tertiary/aromatic N) is 2. The van der Waals surface area contributed by atoms with Crippen molar-refractivity contribution in [3.05, 3.63) is 54.1 Å². The van der Waals surface area contributed by atoms with Crippen LogP contribution in [0.25, 0.3) is 0 Å². The van der Waals surface area contributed by atoms with Crippen LogP contribution in [-0.2, 0) is 0 Å². The Hall–Kier alpha value is -2.18. The number of carbonyl (C=O) groups excluding carboxylic acids is 1. The maximum Gasteiger partial charge on any atom is 0.251 e. The van der Waals surface area contributed by atoms with Crippen LogP contribution in [0.4, 0.5) is 5.69 Å². The number of thioether (sulfide) groups is 1. The monoisotopic (exact) mass is 427 g/mol. The third-order valence-electron chi connectivity index (χ3n) is 5.55. The number of hydrogen-bond acceptors (Lipinski definition) is 5. The Morgan fingerprint density at radius 1 is 1.03 bits per heavy atom. The standard InChI is InChI=1S/C24H33N3O2S/c1-29-23-9-4-3-8-22(23)27-17-7-16-26(18-19-27)15-6-5-14-25-24(28)20-10-12-21(30-2)13-11-20/h3-4,8-13H,5-7,14-19H2,1-2H3,(H,25,28). The Morgan fingerprint density at radius 3 is 2.60 bits per heavy atom. The van der Waals surface area contributed by atoms with E-state index in [9.17, 15) is 4.79 Å². The quantitative estimate of drug-likeness (QED) is 0.481. The van der Waals surface area contributed by atoms with Crippen LogP contribution < -0.4 is 15.0 Å². The van der Waals surface area contributed by atoms with Crippen LogP contribution in [0.3, 0.4) is 0 Å². The summed E-state index contributed by atoms with van der Waals surface area (Å²) in [5.74, 6) is 0.967. The number of nitrogens with one attached hydrogen (secondary N) is 1. The summed E-state index contributed by atoms with van der Waals surface area (Å²) >= 11 is 1.68. The van der Waals surface area contributed by atoms with Crippen molar-refractivity contribution >= 4 is 23.4 Å². The predicted octanol–water partition coefficient (Wildman–Crippen LogP) is 4.14. The smallest absolute Gasteiger partial charge is 0.251 e. The molecule has 0 radical (unpaired) electrons. The second-order valence-electron chi connectivity index (χ2n) is 7.55. The minimum atomic E-state index is 0.0184. The summed E-state index contributed by atoms with van der Waals surface area (Å²) in [5.41, 5.74) is 1.92. The molecule has 3 rings (SSSR count). The van der Waals surface area contributed by atoms with Gasteiger partial charge in [-0.25, -0.2) is 0 Å². The van der Waals surface area contributed by atoms with Gasteiger partial charge < -0.3 is 19.9 Å². The molecule has 0 bridgehead atoms. The minimum absolute atomic E-state index is 0.0184. The fraction of sp³-hybridized carbons (Fsp3) is 0.458. The molecule has 5 nitrogen and oxygen atoms in total. The SMILES string of the molecule is COc1ccccc1N1CCCN(CCCCNC(=O)c2ccc(SC)cc2)CC1. The van der Waals surface area contributed by atoms with Crippen molar-refractivity contribution in [3.63, 3.8) is 0 Å². The van der Waals surface area contributed by atoms with Gasteiger partial charge in [0.05, 0.1) is 12.8 Å². The summed E-state index contributed by atoms with van der Waals surface area (Å²) in [6.07, 6.45) is 5.29. The first kappa shape index (κ1) is 22.5. The summed E-state index contributed by atoms with van der Waals surface area (Å²) in [4.78, 5) is 18.4. The molecule has 1 saturated heterocycles. The van der Waals surface area contributed by atoms with Crippen molar-refractivity contribution in [3.8, 4) is 5.75 Å². The molecule has 1 fully saturated rings. The highest BCUT2D eigenvalue weighted by atomic mass is 32.2. The van der Waals surface area contributed by atoms with Gasteiger partial charge in [-0.1, -0.05) is 12.1 Å². The van der Waals surface area contributed by atoms with E-state index in [0.717, 1.165) is 69.8 Å². The van der Waals surface area contributed by atoms with E-state index in [1.54, 1.807) is 18.9 Å². The highest BCUT2D eigenvalue weighted by molar-refractivity contribution is 7.98. The minimum Gasteiger partial charge on any atom is -0.495 e. The van der Waals surface area contributed by atoms with E-state index in [-0.39, 0.29) is 5.91 Å². The molecule has 2 aromatic rings. The molecule has 2 aromatic carbocycles. The van der Waals surface area contributed by atoms with E-state index in [2.05, 4.69) is 27.2 Å². The number of para-hydroxylation sites is 2. The molecule has 0 atom stereocenters. The van der Waals surface area contributed by atoms with Gasteiger partial charge in [0.2, 0.25) is 0 Å². The summed E-state index contributed by atoms with van der Waals surface area (Å²) in [6, 6.07) is 16.0. The number of amides is 1. The van der Waals surface area contributed by atoms with Crippen LogP contribution in [0.2, 0.25) is 0 Å². The zero-order valence-electron chi connectivity index (χ0n) is 18.1. The van der Waals surface area contributed by atoms with Crippen molar-refractivity contribution in [2.24, 2.45) is 0 Å². The molecule has 1 aliphatic heterocycles. The number of rotatable bonds is 9. The predicted molar refractivity (Wildman–Crippen MR) is 126 cm³/mol. The molecule has 0 aliphatic carbocycles. The fourth-order valence-electron chi connectivity index (χ4n) is 3.83. The van der Waals surface area contributed by atoms with Gasteiger partial charge in [-0.05, 0) is 75.0 Å². The van der Waals surface area contributed by atoms with Gasteiger partial charge in [0.15, 0.2) is 0 Å². The zero-order valence-corrected chi connectivity index (χ0v) is 18.9. The molecular weight excluding hydrogens is 394 g/mol. The lowest BCUT2D eigenvalue weighted by Gasteiger charge is -2.25. The summed E-state index contributed by atoms with van der Waals surface area (Å²) < 4.78 is 5.53. The number of hydrogen-bond donors (Lipinski definition) is 1. The molecule has 1 heterocycles. The van der Waals surface area contributed by atoms with Crippen molar-refractivity contribution in [1.82, 2.24) is 10.2 Å². The van der Waals surface area contributed by atoms with Crippen molar-refractivity contribution in [1.29, 1.82) is 0 Å². The average Bonchev–Trinajstić information content (AvgIpc) is 3.04. The summed E-state index contributed by atoms with van der Waals surface area (Å²) in [7, 11) is 1.74. The number of ether oxygens (including phenoxy) is 1. The van der Waals surface area contributed by atoms with Gasteiger partial charge in [0.1, 0.15) is 5.75 Å². The second kappa shape index (κ2) is 11.9. The van der Waals surface area contributed by atoms with E-state index in [1.165, 1.54) is 10.6 Å². The third kappa shape index (κ3) is 6.41. The first-order valence-electron chi connectivity index (χ1n) is 10.7. The topological polar surface area (TPSA) is 44.8 Å². The second-order valence-corrected chi connectivity index (χ2v) is 8.43. The van der Waals surface area contributed by atoms with Gasteiger partial charge in [-0.3, -0.25) is 4.79 Å². The molecule has 0 spiro atoms. The fourth-order valence-corrected chi connectivity index (χ4v) is 4.24. The lowest BCUT2D eigenvalue weighted by Crippen LogP contribution is -2.32. The van der Waals surface area contributed by atoms with Gasteiger partial charge >= 0.3 is 0 Å². The Morgan fingerprint density at radius 2 is 1.83 bits per heavy atom. The van der Waals surface area contributed by atoms with Crippen molar-refractivity contribution < 1.29 is 9.53 Å². The van der Waals surface area contributed by atoms with Crippen LogP contribution in [0.5, 0.6) is 5.75 Å². The summed E-state index contributed by atoms with van der Waals surface area (Å²) in [5, 5.41) is 3.04. The first-order chi connectivity index (χ1) is 14.7. The highest BCUT2D eigenvalue weighted by Gasteiger charge is 2.17. The molecule has 30 heavy (non-hydrogen) atoms. The Balaban J connectivity index is 1.36. The largest absolute Gasteiger partial charge is 0.495 e. The van der Waals surface area contributed by atoms with Crippen LogP contribution in [-0.4, -0.2) is 63.4 Å². The number of anilines is 1. The third-order valence-corrected chi connectivity index (χ3v) is 6.30. The molecule has 1 amide bonds. The molecule has 0 unspecified atom stereocenters. The number of methoxy groups -OCH3 is 1. The zero-order chi connectivity index (χ0) is 21.2. The van der Waals surface area contributed by atoms with Gasteiger partial charge in [0, 0.05) is 36.6 Å². The van der Waals surface area contributed by atoms with Crippen LogP contribution in [0.15, 0.2) is 53.4 Å². The normalized spacial score (nSPS) is 14.9. The number of benzene rings is 2. The lowest BCUT2D eigenvalue weighted by atomic mass is 10.2. The van der Waals surface area contributed by atoms with Crippen LogP contribution in [0, 0.1) is 0 Å². The summed E-state index contributed by atoms with van der Waals surface area (Å²) in [6.45, 7) is 6.07. The molecule has 1 N–H and O–H groups in total. The number of carbonyl (C=O) groups is 1. The van der Waals surface area contributed by atoms with Crippen molar-refractivity contribution in [2.45, 2.75) is 24.2 Å². The molecule has 0 saturated carbocycles. The van der Waals surface area contributed by atoms with E-state index in [0.29, 0.717) is 0 Å². The van der Waals surface area contributed by atoms with E-state index in [1.807, 2.05) is 42.7 Å².